The average Bonchev–Trinajstić information content (AvgIpc) is 2.42. The SMILES string of the molecule is CC1CCC(C)C(Nc2ccc(C#N)c(C(F)(F)F)c2)C1. The molecule has 3 unspecified atom stereocenters. The molecule has 1 N–H and O–H groups in total. The lowest BCUT2D eigenvalue weighted by atomic mass is 9.80. The number of nitrogens with one attached hydrogen (secondary N) is 1. The van der Waals surface area contributed by atoms with Crippen LogP contribution in [0.5, 0.6) is 0 Å². The van der Waals surface area contributed by atoms with Gasteiger partial charge in [-0.05, 0) is 42.9 Å². The van der Waals surface area contributed by atoms with Gasteiger partial charge in [0.05, 0.1) is 17.2 Å². The van der Waals surface area contributed by atoms with E-state index >= 15 is 0 Å². The van der Waals surface area contributed by atoms with Gasteiger partial charge >= 0.3 is 6.18 Å². The van der Waals surface area contributed by atoms with Crippen LogP contribution in [0.3, 0.4) is 0 Å². The topological polar surface area (TPSA) is 35.8 Å². The number of alkyl halides is 3. The highest BCUT2D eigenvalue weighted by Gasteiger charge is 2.34. The fourth-order valence-corrected chi connectivity index (χ4v) is 2.91. The maximum Gasteiger partial charge on any atom is 0.417 e. The van der Waals surface area contributed by atoms with Gasteiger partial charge < -0.3 is 5.32 Å². The summed E-state index contributed by atoms with van der Waals surface area (Å²) in [5.74, 6) is 1.02. The highest BCUT2D eigenvalue weighted by molar-refractivity contribution is 5.53. The van der Waals surface area contributed by atoms with E-state index in [1.165, 1.54) is 12.5 Å². The fraction of sp³-hybridized carbons (Fsp3) is 0.562. The number of nitrogens with zero attached hydrogens (tertiary/aromatic N) is 1. The van der Waals surface area contributed by atoms with E-state index in [0.717, 1.165) is 18.9 Å². The fourth-order valence-electron chi connectivity index (χ4n) is 2.91. The quantitative estimate of drug-likeness (QED) is 0.849. The number of halogens is 3. The summed E-state index contributed by atoms with van der Waals surface area (Å²) in [6.07, 6.45) is -1.29. The van der Waals surface area contributed by atoms with E-state index < -0.39 is 11.7 Å². The van der Waals surface area contributed by atoms with Crippen molar-refractivity contribution in [1.29, 1.82) is 5.26 Å². The Bertz CT molecular complexity index is 545. The van der Waals surface area contributed by atoms with E-state index in [0.29, 0.717) is 17.5 Å². The molecular weight excluding hydrogens is 277 g/mol. The molecule has 1 aromatic rings. The molecule has 2 rings (SSSR count). The Morgan fingerprint density at radius 2 is 1.95 bits per heavy atom. The first-order valence-electron chi connectivity index (χ1n) is 7.19. The van der Waals surface area contributed by atoms with Crippen LogP contribution in [0.4, 0.5) is 18.9 Å². The number of hydrogen-bond donors (Lipinski definition) is 1. The van der Waals surface area contributed by atoms with Crippen molar-refractivity contribution in [3.05, 3.63) is 29.3 Å². The van der Waals surface area contributed by atoms with Gasteiger partial charge in [0.1, 0.15) is 0 Å². The second-order valence-electron chi connectivity index (χ2n) is 6.02. The Labute approximate surface area is 123 Å². The molecule has 0 aromatic heterocycles. The zero-order chi connectivity index (χ0) is 15.6. The van der Waals surface area contributed by atoms with Gasteiger partial charge in [0.25, 0.3) is 0 Å². The van der Waals surface area contributed by atoms with E-state index in [1.807, 2.05) is 0 Å². The Kier molecular flexibility index (Phi) is 4.46. The lowest BCUT2D eigenvalue weighted by Crippen LogP contribution is -2.33. The van der Waals surface area contributed by atoms with E-state index in [1.54, 1.807) is 12.1 Å². The van der Waals surface area contributed by atoms with Gasteiger partial charge in [-0.15, -0.1) is 0 Å². The van der Waals surface area contributed by atoms with E-state index in [4.69, 9.17) is 5.26 Å². The summed E-state index contributed by atoms with van der Waals surface area (Å²) in [5.41, 5.74) is -0.767. The van der Waals surface area contributed by atoms with Gasteiger partial charge in [0.2, 0.25) is 0 Å². The average molecular weight is 296 g/mol. The summed E-state index contributed by atoms with van der Waals surface area (Å²) in [5, 5.41) is 12.0. The van der Waals surface area contributed by atoms with Crippen LogP contribution in [-0.2, 0) is 6.18 Å². The third-order valence-corrected chi connectivity index (χ3v) is 4.26. The highest BCUT2D eigenvalue weighted by atomic mass is 19.4. The van der Waals surface area contributed by atoms with Gasteiger partial charge in [0, 0.05) is 11.7 Å². The molecule has 3 atom stereocenters. The standard InChI is InChI=1S/C16H19F3N2/c1-10-3-4-11(2)15(7-10)21-13-6-5-12(9-20)14(8-13)16(17,18)19/h5-6,8,10-11,15,21H,3-4,7H2,1-2H3. The van der Waals surface area contributed by atoms with Crippen molar-refractivity contribution in [1.82, 2.24) is 0 Å². The predicted octanol–water partition coefficient (Wildman–Crippen LogP) is 4.81. The summed E-state index contributed by atoms with van der Waals surface area (Å²) in [6, 6.07) is 5.62. The van der Waals surface area contributed by atoms with Crippen LogP contribution in [0.1, 0.15) is 44.2 Å². The first kappa shape index (κ1) is 15.7. The first-order chi connectivity index (χ1) is 9.81. The molecule has 0 aliphatic heterocycles. The number of hydrogen-bond acceptors (Lipinski definition) is 2. The molecule has 0 bridgehead atoms. The zero-order valence-corrected chi connectivity index (χ0v) is 12.2. The smallest absolute Gasteiger partial charge is 0.382 e. The Morgan fingerprint density at radius 3 is 2.57 bits per heavy atom. The van der Waals surface area contributed by atoms with Crippen molar-refractivity contribution in [3.63, 3.8) is 0 Å². The molecule has 2 nitrogen and oxygen atoms in total. The lowest BCUT2D eigenvalue weighted by molar-refractivity contribution is -0.137. The van der Waals surface area contributed by atoms with Crippen molar-refractivity contribution in [2.45, 2.75) is 45.3 Å². The van der Waals surface area contributed by atoms with Crippen LogP contribution < -0.4 is 5.32 Å². The first-order valence-corrected chi connectivity index (χ1v) is 7.19. The monoisotopic (exact) mass is 296 g/mol. The summed E-state index contributed by atoms with van der Waals surface area (Å²) >= 11 is 0. The van der Waals surface area contributed by atoms with E-state index in [2.05, 4.69) is 19.2 Å². The number of rotatable bonds is 2. The molecule has 1 saturated carbocycles. The summed E-state index contributed by atoms with van der Waals surface area (Å²) in [6.45, 7) is 4.29. The van der Waals surface area contributed by atoms with Crippen molar-refractivity contribution >= 4 is 5.69 Å². The van der Waals surface area contributed by atoms with Gasteiger partial charge in [-0.2, -0.15) is 18.4 Å². The predicted molar refractivity (Wildman–Crippen MR) is 75.7 cm³/mol. The van der Waals surface area contributed by atoms with Crippen molar-refractivity contribution < 1.29 is 13.2 Å². The van der Waals surface area contributed by atoms with Crippen LogP contribution in [-0.4, -0.2) is 6.04 Å². The highest BCUT2D eigenvalue weighted by Crippen LogP contribution is 2.35. The lowest BCUT2D eigenvalue weighted by Gasteiger charge is -2.34. The number of anilines is 1. The molecule has 21 heavy (non-hydrogen) atoms. The molecule has 1 aliphatic carbocycles. The van der Waals surface area contributed by atoms with Crippen molar-refractivity contribution in [3.8, 4) is 6.07 Å². The minimum absolute atomic E-state index is 0.183. The second kappa shape index (κ2) is 5.97. The summed E-state index contributed by atoms with van der Waals surface area (Å²) < 4.78 is 38.9. The largest absolute Gasteiger partial charge is 0.417 e. The maximum absolute atomic E-state index is 13.0. The molecule has 5 heteroatoms. The second-order valence-corrected chi connectivity index (χ2v) is 6.02. The Balaban J connectivity index is 2.23. The molecule has 114 valence electrons. The third kappa shape index (κ3) is 3.69. The molecular formula is C16H19F3N2. The number of benzene rings is 1. The molecule has 1 aromatic carbocycles. The minimum atomic E-state index is -4.51. The van der Waals surface area contributed by atoms with Gasteiger partial charge in [0.15, 0.2) is 0 Å². The summed E-state index contributed by atoms with van der Waals surface area (Å²) in [7, 11) is 0. The molecule has 0 radical (unpaired) electrons. The Hall–Kier alpha value is -1.70. The third-order valence-electron chi connectivity index (χ3n) is 4.26. The zero-order valence-electron chi connectivity index (χ0n) is 12.2. The van der Waals surface area contributed by atoms with Crippen molar-refractivity contribution in [2.75, 3.05) is 5.32 Å². The van der Waals surface area contributed by atoms with Crippen LogP contribution >= 0.6 is 0 Å². The molecule has 0 heterocycles. The van der Waals surface area contributed by atoms with Gasteiger partial charge in [-0.25, -0.2) is 0 Å². The van der Waals surface area contributed by atoms with Crippen LogP contribution in [0.15, 0.2) is 18.2 Å². The maximum atomic E-state index is 13.0. The summed E-state index contributed by atoms with van der Waals surface area (Å²) in [4.78, 5) is 0. The van der Waals surface area contributed by atoms with E-state index in [9.17, 15) is 13.2 Å². The number of nitriles is 1. The van der Waals surface area contributed by atoms with Crippen LogP contribution in [0.25, 0.3) is 0 Å². The molecule has 1 aliphatic rings. The van der Waals surface area contributed by atoms with Crippen LogP contribution in [0.2, 0.25) is 0 Å². The van der Waals surface area contributed by atoms with Gasteiger partial charge in [-0.1, -0.05) is 20.3 Å². The van der Waals surface area contributed by atoms with Crippen LogP contribution in [0, 0.1) is 23.2 Å². The molecule has 0 amide bonds. The normalized spacial score (nSPS) is 26.2. The minimum Gasteiger partial charge on any atom is -0.382 e. The van der Waals surface area contributed by atoms with E-state index in [-0.39, 0.29) is 11.6 Å². The van der Waals surface area contributed by atoms with Crippen molar-refractivity contribution in [2.24, 2.45) is 11.8 Å². The molecule has 1 fully saturated rings. The molecule has 0 spiro atoms. The Morgan fingerprint density at radius 1 is 1.24 bits per heavy atom. The van der Waals surface area contributed by atoms with Gasteiger partial charge in [-0.3, -0.25) is 0 Å². The molecule has 0 saturated heterocycles.